The first-order valence-corrected chi connectivity index (χ1v) is 14.3. The summed E-state index contributed by atoms with van der Waals surface area (Å²) in [5, 5.41) is 0. The van der Waals surface area contributed by atoms with Crippen molar-refractivity contribution in [3.63, 3.8) is 0 Å². The van der Waals surface area contributed by atoms with E-state index in [1.807, 2.05) is 0 Å². The summed E-state index contributed by atoms with van der Waals surface area (Å²) >= 11 is 0. The van der Waals surface area contributed by atoms with Gasteiger partial charge in [-0.25, -0.2) is 14.5 Å². The molecule has 7 heteroatoms. The molecule has 36 heavy (non-hydrogen) atoms. The Labute approximate surface area is 221 Å². The van der Waals surface area contributed by atoms with Crippen LogP contribution in [0, 0.1) is 0 Å². The van der Waals surface area contributed by atoms with Crippen LogP contribution in [0.15, 0.2) is 0 Å². The maximum Gasteiger partial charge on any atom is 0.417 e. The summed E-state index contributed by atoms with van der Waals surface area (Å²) in [4.78, 5) is 40.4. The van der Waals surface area contributed by atoms with Crippen LogP contribution in [0.2, 0.25) is 0 Å². The molecule has 0 heterocycles. The van der Waals surface area contributed by atoms with Gasteiger partial charge in [0, 0.05) is 6.42 Å². The number of esters is 1. The fourth-order valence-electron chi connectivity index (χ4n) is 3.98. The number of hydrogen-bond donors (Lipinski definition) is 1. The van der Waals surface area contributed by atoms with Gasteiger partial charge in [0.1, 0.15) is 17.2 Å². The molecule has 0 saturated carbocycles. The first-order valence-electron chi connectivity index (χ1n) is 14.3. The lowest BCUT2D eigenvalue weighted by atomic mass is 10.0. The fourth-order valence-corrected chi connectivity index (χ4v) is 3.98. The molecule has 0 fully saturated rings. The van der Waals surface area contributed by atoms with Crippen LogP contribution in [0.5, 0.6) is 0 Å². The summed E-state index contributed by atoms with van der Waals surface area (Å²) in [5.41, 5.74) is 4.11. The zero-order valence-corrected chi connectivity index (χ0v) is 24.5. The number of carbonyl (C=O) groups is 3. The van der Waals surface area contributed by atoms with E-state index in [4.69, 9.17) is 15.2 Å². The van der Waals surface area contributed by atoms with Gasteiger partial charge in [-0.2, -0.15) is 0 Å². The van der Waals surface area contributed by atoms with E-state index in [0.717, 1.165) is 24.2 Å². The van der Waals surface area contributed by atoms with Crippen LogP contribution in [-0.2, 0) is 19.1 Å². The number of nitrogens with two attached hydrogens (primary N) is 1. The van der Waals surface area contributed by atoms with Gasteiger partial charge < -0.3 is 15.2 Å². The molecule has 0 spiro atoms. The zero-order valence-electron chi connectivity index (χ0n) is 24.5. The van der Waals surface area contributed by atoms with Crippen molar-refractivity contribution in [1.29, 1.82) is 0 Å². The van der Waals surface area contributed by atoms with E-state index in [1.54, 1.807) is 41.5 Å². The Morgan fingerprint density at radius 2 is 1.17 bits per heavy atom. The minimum atomic E-state index is -1.02. The van der Waals surface area contributed by atoms with E-state index < -0.39 is 29.3 Å². The van der Waals surface area contributed by atoms with Crippen LogP contribution in [0.3, 0.4) is 0 Å². The van der Waals surface area contributed by atoms with Gasteiger partial charge in [0.25, 0.3) is 0 Å². The summed E-state index contributed by atoms with van der Waals surface area (Å²) in [7, 11) is 0. The lowest BCUT2D eigenvalue weighted by Gasteiger charge is -2.33. The Hall–Kier alpha value is -1.63. The van der Waals surface area contributed by atoms with E-state index in [1.165, 1.54) is 44.9 Å². The van der Waals surface area contributed by atoms with Gasteiger partial charge in [-0.15, -0.1) is 0 Å². The van der Waals surface area contributed by atoms with Crippen molar-refractivity contribution in [2.24, 2.45) is 5.73 Å². The minimum Gasteiger partial charge on any atom is -0.458 e. The van der Waals surface area contributed by atoms with E-state index in [2.05, 4.69) is 6.92 Å². The molecular weight excluding hydrogens is 456 g/mol. The minimum absolute atomic E-state index is 0.201. The van der Waals surface area contributed by atoms with Crippen LogP contribution in [0.1, 0.15) is 145 Å². The largest absolute Gasteiger partial charge is 0.458 e. The van der Waals surface area contributed by atoms with Gasteiger partial charge in [-0.1, -0.05) is 71.1 Å². The number of imide groups is 1. The molecule has 0 aromatic heterocycles. The van der Waals surface area contributed by atoms with Crippen LogP contribution >= 0.6 is 0 Å². The van der Waals surface area contributed by atoms with Gasteiger partial charge in [0.05, 0.1) is 0 Å². The van der Waals surface area contributed by atoms with E-state index in [-0.39, 0.29) is 12.3 Å². The Bertz CT molecular complexity index is 622. The standard InChI is InChI=1S/C29H56N2O5/c1-8-9-10-11-12-13-14-15-16-17-18-22-25(32)31(27(34)36-29(5,6)7)24(21-19-20-23-30)26(33)35-28(2,3)4/h24H,8-23,30H2,1-7H3/t24-/m0/s1. The Balaban J connectivity index is 5.06. The highest BCUT2D eigenvalue weighted by Gasteiger charge is 2.39. The molecular formula is C29H56N2O5. The molecule has 2 amide bonds. The molecule has 1 atom stereocenters. The molecule has 0 aromatic carbocycles. The first-order chi connectivity index (χ1) is 16.8. The predicted octanol–water partition coefficient (Wildman–Crippen LogP) is 7.29. The third-order valence-electron chi connectivity index (χ3n) is 5.78. The molecule has 0 aromatic rings. The maximum atomic E-state index is 13.3. The number of rotatable bonds is 18. The van der Waals surface area contributed by atoms with Crippen LogP contribution in [-0.4, -0.2) is 46.7 Å². The molecule has 7 nitrogen and oxygen atoms in total. The summed E-state index contributed by atoms with van der Waals surface area (Å²) in [5.74, 6) is -0.971. The monoisotopic (exact) mass is 512 g/mol. The van der Waals surface area contributed by atoms with Crippen molar-refractivity contribution in [2.45, 2.75) is 162 Å². The Morgan fingerprint density at radius 1 is 0.694 bits per heavy atom. The summed E-state index contributed by atoms with van der Waals surface area (Å²) in [6.07, 6.45) is 13.9. The number of nitrogens with zero attached hydrogens (tertiary/aromatic N) is 1. The summed E-state index contributed by atoms with van der Waals surface area (Å²) < 4.78 is 11.1. The summed E-state index contributed by atoms with van der Waals surface area (Å²) in [6.45, 7) is 13.3. The molecule has 0 unspecified atom stereocenters. The third kappa shape index (κ3) is 17.7. The fraction of sp³-hybridized carbons (Fsp3) is 0.897. The highest BCUT2D eigenvalue weighted by atomic mass is 16.6. The second kappa shape index (κ2) is 18.6. The number of ether oxygens (including phenoxy) is 2. The van der Waals surface area contributed by atoms with Crippen LogP contribution in [0.25, 0.3) is 0 Å². The van der Waals surface area contributed by atoms with Gasteiger partial charge >= 0.3 is 12.1 Å². The van der Waals surface area contributed by atoms with Crippen molar-refractivity contribution in [2.75, 3.05) is 6.54 Å². The second-order valence-corrected chi connectivity index (χ2v) is 11.9. The lowest BCUT2D eigenvalue weighted by molar-refractivity contribution is -0.164. The molecule has 0 aliphatic carbocycles. The van der Waals surface area contributed by atoms with Crippen molar-refractivity contribution >= 4 is 18.0 Å². The van der Waals surface area contributed by atoms with E-state index >= 15 is 0 Å². The molecule has 0 rings (SSSR count). The number of carbonyl (C=O) groups excluding carboxylic acids is 3. The third-order valence-corrected chi connectivity index (χ3v) is 5.78. The lowest BCUT2D eigenvalue weighted by Crippen LogP contribution is -2.52. The number of amides is 2. The molecule has 0 aliphatic rings. The van der Waals surface area contributed by atoms with E-state index in [9.17, 15) is 14.4 Å². The number of unbranched alkanes of at least 4 members (excludes halogenated alkanes) is 11. The Kier molecular flexibility index (Phi) is 17.7. The zero-order chi connectivity index (χ0) is 27.6. The molecule has 0 saturated heterocycles. The van der Waals surface area contributed by atoms with Gasteiger partial charge in [-0.3, -0.25) is 4.79 Å². The quantitative estimate of drug-likeness (QED) is 0.153. The highest BCUT2D eigenvalue weighted by molar-refractivity contribution is 5.97. The van der Waals surface area contributed by atoms with Crippen molar-refractivity contribution in [1.82, 2.24) is 4.90 Å². The molecule has 212 valence electrons. The topological polar surface area (TPSA) is 98.9 Å². The maximum absolute atomic E-state index is 13.3. The first kappa shape index (κ1) is 34.4. The number of hydrogen-bond acceptors (Lipinski definition) is 6. The van der Waals surface area contributed by atoms with Crippen LogP contribution in [0.4, 0.5) is 4.79 Å². The van der Waals surface area contributed by atoms with Gasteiger partial charge in [-0.05, 0) is 73.8 Å². The van der Waals surface area contributed by atoms with Crippen molar-refractivity contribution in [3.8, 4) is 0 Å². The summed E-state index contributed by atoms with van der Waals surface area (Å²) in [6, 6.07) is -1.02. The molecule has 0 aliphatic heterocycles. The average molecular weight is 513 g/mol. The highest BCUT2D eigenvalue weighted by Crippen LogP contribution is 2.21. The smallest absolute Gasteiger partial charge is 0.417 e. The Morgan fingerprint density at radius 3 is 1.61 bits per heavy atom. The van der Waals surface area contributed by atoms with Gasteiger partial charge in [0.2, 0.25) is 5.91 Å². The van der Waals surface area contributed by atoms with Crippen LogP contribution < -0.4 is 5.73 Å². The molecule has 0 radical (unpaired) electrons. The average Bonchev–Trinajstić information content (AvgIpc) is 2.74. The molecule has 2 N–H and O–H groups in total. The van der Waals surface area contributed by atoms with Crippen molar-refractivity contribution in [3.05, 3.63) is 0 Å². The predicted molar refractivity (Wildman–Crippen MR) is 147 cm³/mol. The molecule has 0 bridgehead atoms. The van der Waals surface area contributed by atoms with Crippen molar-refractivity contribution < 1.29 is 23.9 Å². The SMILES string of the molecule is CCCCCCCCCCCCCC(=O)N(C(=O)OC(C)(C)C)[C@@H](CCCCN)C(=O)OC(C)(C)C. The second-order valence-electron chi connectivity index (χ2n) is 11.9. The van der Waals surface area contributed by atoms with E-state index in [0.29, 0.717) is 32.2 Å². The normalized spacial score (nSPS) is 12.8. The van der Waals surface area contributed by atoms with Gasteiger partial charge in [0.15, 0.2) is 0 Å².